The molecule has 0 bridgehead atoms. The highest BCUT2D eigenvalue weighted by atomic mass is 32.2. The van der Waals surface area contributed by atoms with Crippen LogP contribution >= 0.6 is 23.1 Å². The summed E-state index contributed by atoms with van der Waals surface area (Å²) in [6.45, 7) is -1.39. The van der Waals surface area contributed by atoms with Gasteiger partial charge in [-0.1, -0.05) is 30.0 Å². The molecule has 0 fully saturated rings. The molecule has 2 aromatic heterocycles. The van der Waals surface area contributed by atoms with Gasteiger partial charge in [-0.3, -0.25) is 14.2 Å². The Balaban J connectivity index is 1.90. The second kappa shape index (κ2) is 7.50. The van der Waals surface area contributed by atoms with E-state index in [0.717, 1.165) is 11.8 Å². The average molecular weight is 399 g/mol. The number of hydrogen-bond acceptors (Lipinski definition) is 5. The van der Waals surface area contributed by atoms with Crippen molar-refractivity contribution in [3.63, 3.8) is 0 Å². The lowest BCUT2D eigenvalue weighted by Crippen LogP contribution is -2.35. The van der Waals surface area contributed by atoms with Crippen LogP contribution < -0.4 is 10.9 Å². The standard InChI is InChI=1S/C16H12F3N3O2S2/c17-16(18,19)9-20-12(23)8-26-15-21-13-11(6-7-25-13)14(24)22(15)10-4-2-1-3-5-10/h1-7H,8-9H2,(H,20,23). The van der Waals surface area contributed by atoms with Crippen molar-refractivity contribution in [2.45, 2.75) is 11.3 Å². The van der Waals surface area contributed by atoms with E-state index >= 15 is 0 Å². The lowest BCUT2D eigenvalue weighted by atomic mass is 10.3. The Hall–Kier alpha value is -2.33. The molecule has 26 heavy (non-hydrogen) atoms. The van der Waals surface area contributed by atoms with Gasteiger partial charge in [0.05, 0.1) is 16.8 Å². The minimum absolute atomic E-state index is 0.248. The molecule has 0 aliphatic carbocycles. The number of fused-ring (bicyclic) bond motifs is 1. The van der Waals surface area contributed by atoms with Gasteiger partial charge in [-0.2, -0.15) is 13.2 Å². The van der Waals surface area contributed by atoms with Gasteiger partial charge < -0.3 is 5.32 Å². The Bertz CT molecular complexity index is 984. The first-order chi connectivity index (χ1) is 12.3. The van der Waals surface area contributed by atoms with Crippen molar-refractivity contribution in [1.29, 1.82) is 0 Å². The molecule has 0 spiro atoms. The topological polar surface area (TPSA) is 64.0 Å². The molecule has 1 N–H and O–H groups in total. The van der Waals surface area contributed by atoms with Gasteiger partial charge in [0.25, 0.3) is 5.56 Å². The van der Waals surface area contributed by atoms with Crippen LogP contribution in [0.1, 0.15) is 0 Å². The molecule has 0 aliphatic rings. The number of para-hydroxylation sites is 1. The average Bonchev–Trinajstić information content (AvgIpc) is 3.07. The largest absolute Gasteiger partial charge is 0.405 e. The van der Waals surface area contributed by atoms with Gasteiger partial charge >= 0.3 is 6.18 Å². The number of amides is 1. The highest BCUT2D eigenvalue weighted by Crippen LogP contribution is 2.23. The number of nitrogens with one attached hydrogen (secondary N) is 1. The molecular formula is C16H12F3N3O2S2. The lowest BCUT2D eigenvalue weighted by Gasteiger charge is -2.12. The number of benzene rings is 1. The highest BCUT2D eigenvalue weighted by molar-refractivity contribution is 7.99. The number of rotatable bonds is 5. The van der Waals surface area contributed by atoms with Crippen LogP contribution in [0.4, 0.5) is 13.2 Å². The van der Waals surface area contributed by atoms with Gasteiger partial charge in [-0.15, -0.1) is 11.3 Å². The van der Waals surface area contributed by atoms with Crippen LogP contribution in [0.5, 0.6) is 0 Å². The number of carbonyl (C=O) groups is 1. The third kappa shape index (κ3) is 4.25. The maximum atomic E-state index is 12.8. The smallest absolute Gasteiger partial charge is 0.346 e. The van der Waals surface area contributed by atoms with Gasteiger partial charge in [-0.25, -0.2) is 4.98 Å². The summed E-state index contributed by atoms with van der Waals surface area (Å²) in [6.07, 6.45) is -4.47. The van der Waals surface area contributed by atoms with Crippen LogP contribution in [0.2, 0.25) is 0 Å². The molecule has 2 heterocycles. The normalized spacial score (nSPS) is 11.7. The first-order valence-electron chi connectivity index (χ1n) is 7.37. The molecule has 0 saturated carbocycles. The van der Waals surface area contributed by atoms with E-state index in [2.05, 4.69) is 4.98 Å². The quantitative estimate of drug-likeness (QED) is 0.529. The number of nitrogens with zero attached hydrogens (tertiary/aromatic N) is 2. The highest BCUT2D eigenvalue weighted by Gasteiger charge is 2.27. The number of thiophene rings is 1. The minimum atomic E-state index is -4.47. The van der Waals surface area contributed by atoms with Gasteiger partial charge in [0.2, 0.25) is 5.91 Å². The van der Waals surface area contributed by atoms with Gasteiger partial charge in [0, 0.05) is 0 Å². The SMILES string of the molecule is O=C(CSc1nc2sccc2c(=O)n1-c1ccccc1)NCC(F)(F)F. The van der Waals surface area contributed by atoms with Gasteiger partial charge in [0.15, 0.2) is 5.16 Å². The zero-order valence-electron chi connectivity index (χ0n) is 13.1. The third-order valence-electron chi connectivity index (χ3n) is 3.30. The predicted molar refractivity (Wildman–Crippen MR) is 95.0 cm³/mol. The summed E-state index contributed by atoms with van der Waals surface area (Å²) in [5.74, 6) is -1.07. The molecule has 0 saturated heterocycles. The van der Waals surface area contributed by atoms with Crippen LogP contribution in [-0.4, -0.2) is 33.9 Å². The van der Waals surface area contributed by atoms with Crippen molar-refractivity contribution in [3.8, 4) is 5.69 Å². The molecule has 136 valence electrons. The van der Waals surface area contributed by atoms with E-state index in [1.165, 1.54) is 15.9 Å². The maximum Gasteiger partial charge on any atom is 0.405 e. The zero-order chi connectivity index (χ0) is 18.7. The molecule has 0 radical (unpaired) electrons. The summed E-state index contributed by atoms with van der Waals surface area (Å²) in [4.78, 5) is 29.4. The summed E-state index contributed by atoms with van der Waals surface area (Å²) in [7, 11) is 0. The van der Waals surface area contributed by atoms with Crippen molar-refractivity contribution in [2.75, 3.05) is 12.3 Å². The van der Waals surface area contributed by atoms with E-state index in [1.807, 2.05) is 0 Å². The minimum Gasteiger partial charge on any atom is -0.346 e. The van der Waals surface area contributed by atoms with E-state index in [4.69, 9.17) is 0 Å². The van der Waals surface area contributed by atoms with E-state index < -0.39 is 18.6 Å². The number of hydrogen-bond donors (Lipinski definition) is 1. The monoisotopic (exact) mass is 399 g/mol. The van der Waals surface area contributed by atoms with Crippen LogP contribution in [0, 0.1) is 0 Å². The second-order valence-corrected chi connectivity index (χ2v) is 7.03. The fourth-order valence-electron chi connectivity index (χ4n) is 2.18. The molecule has 3 rings (SSSR count). The van der Waals surface area contributed by atoms with Gasteiger partial charge in [0.1, 0.15) is 11.4 Å². The van der Waals surface area contributed by atoms with Crippen molar-refractivity contribution in [1.82, 2.24) is 14.9 Å². The Morgan fingerprint density at radius 3 is 2.65 bits per heavy atom. The molecule has 0 atom stereocenters. The number of halogens is 3. The third-order valence-corrected chi connectivity index (χ3v) is 5.04. The van der Waals surface area contributed by atoms with Crippen LogP contribution in [0.3, 0.4) is 0 Å². The molecular weight excluding hydrogens is 387 g/mol. The van der Waals surface area contributed by atoms with Gasteiger partial charge in [-0.05, 0) is 23.6 Å². The molecule has 0 aliphatic heterocycles. The molecule has 5 nitrogen and oxygen atoms in total. The van der Waals surface area contributed by atoms with Crippen LogP contribution in [0.15, 0.2) is 51.7 Å². The first kappa shape index (κ1) is 18.5. The number of aromatic nitrogens is 2. The number of alkyl halides is 3. The molecule has 10 heteroatoms. The van der Waals surface area contributed by atoms with Crippen LogP contribution in [-0.2, 0) is 4.79 Å². The molecule has 1 amide bonds. The van der Waals surface area contributed by atoms with Crippen molar-refractivity contribution >= 4 is 39.2 Å². The second-order valence-electron chi connectivity index (χ2n) is 5.19. The summed E-state index contributed by atoms with van der Waals surface area (Å²) in [6, 6.07) is 10.4. The molecule has 0 unspecified atom stereocenters. The van der Waals surface area contributed by atoms with Crippen LogP contribution in [0.25, 0.3) is 15.9 Å². The molecule has 1 aromatic carbocycles. The summed E-state index contributed by atoms with van der Waals surface area (Å²) < 4.78 is 37.9. The van der Waals surface area contributed by atoms with Crippen molar-refractivity contribution in [3.05, 3.63) is 52.1 Å². The molecule has 3 aromatic rings. The van der Waals surface area contributed by atoms with Crippen molar-refractivity contribution in [2.24, 2.45) is 0 Å². The first-order valence-corrected chi connectivity index (χ1v) is 9.23. The Morgan fingerprint density at radius 2 is 1.96 bits per heavy atom. The zero-order valence-corrected chi connectivity index (χ0v) is 14.7. The van der Waals surface area contributed by atoms with E-state index in [-0.39, 0.29) is 16.5 Å². The Labute approximate surface area is 153 Å². The van der Waals surface area contributed by atoms with Crippen molar-refractivity contribution < 1.29 is 18.0 Å². The summed E-state index contributed by atoms with van der Waals surface area (Å²) in [5.41, 5.74) is 0.275. The Kier molecular flexibility index (Phi) is 5.33. The predicted octanol–water partition coefficient (Wildman–Crippen LogP) is 3.22. The number of carbonyl (C=O) groups excluding carboxylic acids is 1. The fraction of sp³-hybridized carbons (Fsp3) is 0.188. The van der Waals surface area contributed by atoms with E-state index in [1.54, 1.807) is 47.1 Å². The maximum absolute atomic E-state index is 12.8. The fourth-order valence-corrected chi connectivity index (χ4v) is 3.82. The Morgan fingerprint density at radius 1 is 1.23 bits per heavy atom. The van der Waals surface area contributed by atoms with E-state index in [9.17, 15) is 22.8 Å². The lowest BCUT2D eigenvalue weighted by molar-refractivity contribution is -0.136. The summed E-state index contributed by atoms with van der Waals surface area (Å²) >= 11 is 2.19. The van der Waals surface area contributed by atoms with E-state index in [0.29, 0.717) is 15.9 Å². The number of thioether (sulfide) groups is 1. The summed E-state index contributed by atoms with van der Waals surface area (Å²) in [5, 5.41) is 4.23.